The zero-order valence-corrected chi connectivity index (χ0v) is 19.9. The first-order chi connectivity index (χ1) is 17.0. The van der Waals surface area contributed by atoms with Crippen LogP contribution in [0.1, 0.15) is 16.7 Å². The van der Waals surface area contributed by atoms with Crippen LogP contribution in [0.2, 0.25) is 0 Å². The maximum Gasteiger partial charge on any atom is 0.262 e. The molecule has 5 aromatic rings. The van der Waals surface area contributed by atoms with Crippen LogP contribution in [0.15, 0.2) is 84.9 Å². The van der Waals surface area contributed by atoms with Gasteiger partial charge in [-0.1, -0.05) is 66.7 Å². The largest absolute Gasteiger partial charge is 0.467 e. The zero-order valence-electron chi connectivity index (χ0n) is 19.9. The number of nitrogens with zero attached hydrogens (tertiary/aromatic N) is 3. The molecule has 0 aliphatic heterocycles. The molecule has 35 heavy (non-hydrogen) atoms. The number of rotatable bonds is 6. The number of amides is 1. The molecule has 6 heteroatoms. The highest BCUT2D eigenvalue weighted by Crippen LogP contribution is 2.33. The number of aryl methyl sites for hydroxylation is 3. The van der Waals surface area contributed by atoms with Gasteiger partial charge in [-0.2, -0.15) is 10.1 Å². The van der Waals surface area contributed by atoms with E-state index < -0.39 is 0 Å². The topological polar surface area (TPSA) is 69.0 Å². The van der Waals surface area contributed by atoms with Crippen molar-refractivity contribution in [3.63, 3.8) is 0 Å². The van der Waals surface area contributed by atoms with Crippen LogP contribution in [0.5, 0.6) is 5.88 Å². The molecule has 0 spiro atoms. The molecule has 6 nitrogen and oxygen atoms in total. The van der Waals surface area contributed by atoms with Crippen molar-refractivity contribution in [2.45, 2.75) is 20.8 Å². The lowest BCUT2D eigenvalue weighted by Crippen LogP contribution is -2.21. The van der Waals surface area contributed by atoms with Gasteiger partial charge in [0, 0.05) is 17.3 Å². The Kier molecular flexibility index (Phi) is 6.02. The number of carbonyl (C=O) groups excluding carboxylic acids is 1. The molecule has 5 rings (SSSR count). The van der Waals surface area contributed by atoms with Crippen molar-refractivity contribution in [3.8, 4) is 22.8 Å². The molecule has 0 bridgehead atoms. The summed E-state index contributed by atoms with van der Waals surface area (Å²) in [7, 11) is 0. The molecule has 0 aliphatic rings. The molecule has 2 aromatic heterocycles. The minimum Gasteiger partial charge on any atom is -0.467 e. The number of ether oxygens (including phenoxy) is 1. The van der Waals surface area contributed by atoms with Gasteiger partial charge in [-0.25, -0.2) is 4.68 Å². The Morgan fingerprint density at radius 1 is 0.857 bits per heavy atom. The Labute approximate surface area is 204 Å². The van der Waals surface area contributed by atoms with E-state index in [1.165, 1.54) is 0 Å². The van der Waals surface area contributed by atoms with Gasteiger partial charge in [0.25, 0.3) is 5.91 Å². The number of nitrogens with one attached hydrogen (secondary N) is 1. The molecule has 1 amide bonds. The second-order valence-electron chi connectivity index (χ2n) is 8.54. The number of anilines is 1. The Hall–Kier alpha value is -4.45. The van der Waals surface area contributed by atoms with Crippen LogP contribution in [-0.4, -0.2) is 27.3 Å². The summed E-state index contributed by atoms with van der Waals surface area (Å²) in [5, 5.41) is 8.83. The van der Waals surface area contributed by atoms with E-state index in [1.807, 2.05) is 110 Å². The van der Waals surface area contributed by atoms with Crippen LogP contribution >= 0.6 is 0 Å². The second-order valence-corrected chi connectivity index (χ2v) is 8.54. The SMILES string of the molecule is Cc1cccc(C)c1NC(=O)COc1cc(C)c2c(-c3ccccc3)nn(-c3ccccc3)c2n1. The number of para-hydroxylation sites is 2. The third-order valence-electron chi connectivity index (χ3n) is 5.96. The number of hydrogen-bond donors (Lipinski definition) is 1. The standard InChI is InChI=1S/C29H26N4O2/c1-19-11-10-12-20(2)27(19)30-24(34)18-35-25-17-21(3)26-28(22-13-6-4-7-14-22)32-33(29(26)31-25)23-15-8-5-9-16-23/h4-17H,18H2,1-3H3,(H,30,34). The predicted molar refractivity (Wildman–Crippen MR) is 139 cm³/mol. The summed E-state index contributed by atoms with van der Waals surface area (Å²) in [4.78, 5) is 17.4. The molecule has 2 heterocycles. The fraction of sp³-hybridized carbons (Fsp3) is 0.138. The van der Waals surface area contributed by atoms with E-state index in [1.54, 1.807) is 0 Å². The summed E-state index contributed by atoms with van der Waals surface area (Å²) in [6.07, 6.45) is 0. The van der Waals surface area contributed by atoms with E-state index in [0.717, 1.165) is 44.7 Å². The Morgan fingerprint density at radius 2 is 1.51 bits per heavy atom. The quantitative estimate of drug-likeness (QED) is 0.334. The van der Waals surface area contributed by atoms with Gasteiger partial charge in [-0.3, -0.25) is 4.79 Å². The molecule has 0 saturated heterocycles. The molecule has 0 aliphatic carbocycles. The third-order valence-corrected chi connectivity index (χ3v) is 5.96. The average Bonchev–Trinajstić information content (AvgIpc) is 3.26. The van der Waals surface area contributed by atoms with Gasteiger partial charge in [-0.05, 0) is 49.6 Å². The molecule has 174 valence electrons. The van der Waals surface area contributed by atoms with E-state index in [-0.39, 0.29) is 12.5 Å². The summed E-state index contributed by atoms with van der Waals surface area (Å²) in [6, 6.07) is 27.7. The molecule has 0 saturated carbocycles. The van der Waals surface area contributed by atoms with Crippen molar-refractivity contribution in [3.05, 3.63) is 102 Å². The minimum atomic E-state index is -0.233. The highest BCUT2D eigenvalue weighted by atomic mass is 16.5. The fourth-order valence-electron chi connectivity index (χ4n) is 4.22. The Morgan fingerprint density at radius 3 is 2.20 bits per heavy atom. The Balaban J connectivity index is 1.49. The number of carbonyl (C=O) groups is 1. The van der Waals surface area contributed by atoms with Crippen LogP contribution in [0.25, 0.3) is 28.0 Å². The highest BCUT2D eigenvalue weighted by Gasteiger charge is 2.19. The van der Waals surface area contributed by atoms with Crippen molar-refractivity contribution in [2.75, 3.05) is 11.9 Å². The van der Waals surface area contributed by atoms with E-state index in [2.05, 4.69) is 5.32 Å². The van der Waals surface area contributed by atoms with Crippen LogP contribution < -0.4 is 10.1 Å². The lowest BCUT2D eigenvalue weighted by molar-refractivity contribution is -0.118. The van der Waals surface area contributed by atoms with Gasteiger partial charge in [0.05, 0.1) is 11.1 Å². The molecule has 1 N–H and O–H groups in total. The van der Waals surface area contributed by atoms with E-state index >= 15 is 0 Å². The van der Waals surface area contributed by atoms with Crippen molar-refractivity contribution in [1.29, 1.82) is 0 Å². The highest BCUT2D eigenvalue weighted by molar-refractivity contribution is 5.95. The Bertz CT molecular complexity index is 1490. The van der Waals surface area contributed by atoms with Crippen molar-refractivity contribution in [1.82, 2.24) is 14.8 Å². The van der Waals surface area contributed by atoms with Gasteiger partial charge in [0.2, 0.25) is 5.88 Å². The molecular formula is C29H26N4O2. The van der Waals surface area contributed by atoms with Gasteiger partial charge in [0.15, 0.2) is 12.3 Å². The van der Waals surface area contributed by atoms with Crippen molar-refractivity contribution in [2.24, 2.45) is 0 Å². The van der Waals surface area contributed by atoms with E-state index in [0.29, 0.717) is 11.5 Å². The smallest absolute Gasteiger partial charge is 0.262 e. The molecule has 0 radical (unpaired) electrons. The van der Waals surface area contributed by atoms with Crippen LogP contribution in [0.4, 0.5) is 5.69 Å². The van der Waals surface area contributed by atoms with Gasteiger partial charge in [0.1, 0.15) is 5.69 Å². The fourth-order valence-corrected chi connectivity index (χ4v) is 4.22. The molecule has 0 fully saturated rings. The van der Waals surface area contributed by atoms with Gasteiger partial charge < -0.3 is 10.1 Å². The monoisotopic (exact) mass is 462 g/mol. The summed E-state index contributed by atoms with van der Waals surface area (Å²) < 4.78 is 7.68. The first-order valence-electron chi connectivity index (χ1n) is 11.5. The predicted octanol–water partition coefficient (Wildman–Crippen LogP) is 6.03. The first kappa shape index (κ1) is 22.3. The van der Waals surface area contributed by atoms with E-state index in [9.17, 15) is 4.79 Å². The lowest BCUT2D eigenvalue weighted by atomic mass is 10.1. The van der Waals surface area contributed by atoms with Crippen LogP contribution in [0, 0.1) is 20.8 Å². The molecular weight excluding hydrogens is 436 g/mol. The number of fused-ring (bicyclic) bond motifs is 1. The summed E-state index contributed by atoms with van der Waals surface area (Å²) in [5.74, 6) is 0.145. The maximum absolute atomic E-state index is 12.6. The van der Waals surface area contributed by atoms with E-state index in [4.69, 9.17) is 14.8 Å². The first-order valence-corrected chi connectivity index (χ1v) is 11.5. The average molecular weight is 463 g/mol. The number of pyridine rings is 1. The van der Waals surface area contributed by atoms with Crippen molar-refractivity contribution < 1.29 is 9.53 Å². The zero-order chi connectivity index (χ0) is 24.4. The number of benzene rings is 3. The van der Waals surface area contributed by atoms with Crippen molar-refractivity contribution >= 4 is 22.6 Å². The normalized spacial score (nSPS) is 10.9. The second kappa shape index (κ2) is 9.43. The number of aromatic nitrogens is 3. The van der Waals surface area contributed by atoms with Gasteiger partial charge >= 0.3 is 0 Å². The minimum absolute atomic E-state index is 0.142. The molecule has 0 unspecified atom stereocenters. The van der Waals surface area contributed by atoms with Crippen LogP contribution in [-0.2, 0) is 4.79 Å². The molecule has 3 aromatic carbocycles. The molecule has 0 atom stereocenters. The number of hydrogen-bond acceptors (Lipinski definition) is 4. The summed E-state index contributed by atoms with van der Waals surface area (Å²) >= 11 is 0. The third kappa shape index (κ3) is 4.51. The summed E-state index contributed by atoms with van der Waals surface area (Å²) in [6.45, 7) is 5.81. The lowest BCUT2D eigenvalue weighted by Gasteiger charge is -2.12. The van der Waals surface area contributed by atoms with Gasteiger partial charge in [-0.15, -0.1) is 0 Å². The maximum atomic E-state index is 12.6. The summed E-state index contributed by atoms with van der Waals surface area (Å²) in [5.41, 5.74) is 7.25. The van der Waals surface area contributed by atoms with Crippen LogP contribution in [0.3, 0.4) is 0 Å².